The number of hydrogen-bond donors (Lipinski definition) is 0. The average Bonchev–Trinajstić information content (AvgIpc) is 2.23. The second kappa shape index (κ2) is 121. The molecule has 120 valence electrons. The van der Waals surface area contributed by atoms with Crippen molar-refractivity contribution in [2.45, 2.75) is 122 Å². The van der Waals surface area contributed by atoms with Gasteiger partial charge in [0.05, 0.1) is 0 Å². The third-order valence-electron chi connectivity index (χ3n) is 0. The van der Waals surface area contributed by atoms with Crippen LogP contribution in [0.4, 0.5) is 0 Å². The molecule has 0 aliphatic heterocycles. The summed E-state index contributed by atoms with van der Waals surface area (Å²) in [7, 11) is 0. The van der Waals surface area contributed by atoms with Gasteiger partial charge in [-0.25, -0.2) is 0 Å². The monoisotopic (exact) mass is 264 g/mol. The van der Waals surface area contributed by atoms with Crippen molar-refractivity contribution in [1.29, 1.82) is 0 Å². The highest BCUT2D eigenvalue weighted by atomic mass is 13.4. The van der Waals surface area contributed by atoms with Crippen LogP contribution < -0.4 is 0 Å². The maximum atomic E-state index is 2.12. The molecule has 0 aromatic carbocycles. The first kappa shape index (κ1) is 36.1. The summed E-state index contributed by atoms with van der Waals surface area (Å²) >= 11 is 0. The molecular formula is C18H48. The molecule has 0 nitrogen and oxygen atoms in total. The quantitative estimate of drug-likeness (QED) is 0.411. The zero-order chi connectivity index (χ0) is 16.2. The molecule has 0 rings (SSSR count). The zero-order valence-corrected chi connectivity index (χ0v) is 16.2. The molecule has 0 atom stereocenters. The van der Waals surface area contributed by atoms with Crippen LogP contribution in [0, 0.1) is 0 Å². The summed E-state index contributed by atoms with van der Waals surface area (Å²) in [6.07, 6.45) is 7.50. The van der Waals surface area contributed by atoms with Gasteiger partial charge in [-0.2, -0.15) is 0 Å². The Morgan fingerprint density at radius 1 is 0.222 bits per heavy atom. The number of rotatable bonds is 0. The Hall–Kier alpha value is 0. The van der Waals surface area contributed by atoms with E-state index in [1.807, 2.05) is 0 Å². The van der Waals surface area contributed by atoms with Gasteiger partial charge in [0.25, 0.3) is 0 Å². The normalized spacial score (nSPS) is 6.00. The van der Waals surface area contributed by atoms with Crippen molar-refractivity contribution in [3.8, 4) is 0 Å². The van der Waals surface area contributed by atoms with Gasteiger partial charge in [-0.1, -0.05) is 122 Å². The molecule has 0 N–H and O–H groups in total. The van der Waals surface area contributed by atoms with Crippen molar-refractivity contribution in [2.75, 3.05) is 0 Å². The van der Waals surface area contributed by atoms with Gasteiger partial charge in [0.1, 0.15) is 0 Å². The van der Waals surface area contributed by atoms with E-state index in [1.54, 1.807) is 0 Å². The lowest BCUT2D eigenvalue weighted by Gasteiger charge is -1.48. The SMILES string of the molecule is CCC.CCC.CCC.CCC.CCC.CCC. The van der Waals surface area contributed by atoms with Crippen LogP contribution in [0.2, 0.25) is 0 Å². The molecular weight excluding hydrogens is 216 g/mol. The maximum absolute atomic E-state index is 2.12. The van der Waals surface area contributed by atoms with Crippen molar-refractivity contribution < 1.29 is 0 Å². The first-order valence-electron chi connectivity index (χ1n) is 8.49. The van der Waals surface area contributed by atoms with E-state index >= 15 is 0 Å². The fourth-order valence-corrected chi connectivity index (χ4v) is 0. The Kier molecular flexibility index (Phi) is 243. The van der Waals surface area contributed by atoms with Crippen LogP contribution in [0.1, 0.15) is 122 Å². The van der Waals surface area contributed by atoms with Crippen molar-refractivity contribution >= 4 is 0 Å². The molecule has 18 heavy (non-hydrogen) atoms. The summed E-state index contributed by atoms with van der Waals surface area (Å²) in [5, 5.41) is 0. The van der Waals surface area contributed by atoms with Gasteiger partial charge in [-0.15, -0.1) is 0 Å². The molecule has 0 unspecified atom stereocenters. The fourth-order valence-electron chi connectivity index (χ4n) is 0. The summed E-state index contributed by atoms with van der Waals surface area (Å²) in [5.74, 6) is 0. The molecule has 0 amide bonds. The molecule has 0 spiro atoms. The summed E-state index contributed by atoms with van der Waals surface area (Å²) in [6, 6.07) is 0. The second-order valence-electron chi connectivity index (χ2n) is 4.24. The van der Waals surface area contributed by atoms with Gasteiger partial charge in [0.15, 0.2) is 0 Å². The van der Waals surface area contributed by atoms with Crippen LogP contribution in [0.25, 0.3) is 0 Å². The van der Waals surface area contributed by atoms with Gasteiger partial charge in [-0.05, 0) is 0 Å². The summed E-state index contributed by atoms with van der Waals surface area (Å²) in [4.78, 5) is 0. The summed E-state index contributed by atoms with van der Waals surface area (Å²) in [5.41, 5.74) is 0. The van der Waals surface area contributed by atoms with Gasteiger partial charge < -0.3 is 0 Å². The van der Waals surface area contributed by atoms with Crippen LogP contribution >= 0.6 is 0 Å². The molecule has 0 bridgehead atoms. The van der Waals surface area contributed by atoms with Crippen molar-refractivity contribution in [2.24, 2.45) is 0 Å². The zero-order valence-electron chi connectivity index (χ0n) is 16.2. The predicted molar refractivity (Wildman–Crippen MR) is 95.8 cm³/mol. The van der Waals surface area contributed by atoms with Gasteiger partial charge in [-0.3, -0.25) is 0 Å². The Balaban J connectivity index is -0.0000000240. The molecule has 0 aliphatic rings. The fraction of sp³-hybridized carbons (Fsp3) is 1.00. The smallest absolute Gasteiger partial charge is 0.0590 e. The first-order chi connectivity index (χ1) is 8.49. The molecule has 0 fully saturated rings. The summed E-state index contributed by atoms with van der Waals surface area (Å²) < 4.78 is 0. The van der Waals surface area contributed by atoms with E-state index in [0.717, 1.165) is 0 Å². The van der Waals surface area contributed by atoms with Crippen molar-refractivity contribution in [1.82, 2.24) is 0 Å². The highest BCUT2D eigenvalue weighted by molar-refractivity contribution is 3.93. The van der Waals surface area contributed by atoms with Crippen LogP contribution in [-0.4, -0.2) is 0 Å². The molecule has 0 aromatic rings. The minimum absolute atomic E-state index is 1.25. The Morgan fingerprint density at radius 2 is 0.222 bits per heavy atom. The van der Waals surface area contributed by atoms with Gasteiger partial charge >= 0.3 is 0 Å². The largest absolute Gasteiger partial charge is 0.0656 e. The molecule has 0 aromatic heterocycles. The van der Waals surface area contributed by atoms with Gasteiger partial charge in [0.2, 0.25) is 0 Å². The minimum atomic E-state index is 1.25. The van der Waals surface area contributed by atoms with E-state index < -0.39 is 0 Å². The van der Waals surface area contributed by atoms with E-state index in [0.29, 0.717) is 0 Å². The number of hydrogen-bond acceptors (Lipinski definition) is 0. The van der Waals surface area contributed by atoms with E-state index in [4.69, 9.17) is 0 Å². The first-order valence-corrected chi connectivity index (χ1v) is 8.49. The van der Waals surface area contributed by atoms with E-state index in [2.05, 4.69) is 83.1 Å². The van der Waals surface area contributed by atoms with Crippen molar-refractivity contribution in [3.63, 3.8) is 0 Å². The highest BCUT2D eigenvalue weighted by Crippen LogP contribution is 1.57. The Bertz CT molecular complexity index is 15.5. The second-order valence-corrected chi connectivity index (χ2v) is 4.24. The molecule has 0 heterocycles. The molecule has 0 radical (unpaired) electrons. The van der Waals surface area contributed by atoms with E-state index in [1.165, 1.54) is 38.5 Å². The van der Waals surface area contributed by atoms with E-state index in [9.17, 15) is 0 Å². The molecule has 0 heteroatoms. The Labute approximate surface area is 122 Å². The lowest BCUT2D eigenvalue weighted by molar-refractivity contribution is 1.09. The van der Waals surface area contributed by atoms with Crippen LogP contribution in [-0.2, 0) is 0 Å². The topological polar surface area (TPSA) is 0 Å². The lowest BCUT2D eigenvalue weighted by Crippen LogP contribution is -1.27. The average molecular weight is 265 g/mol. The highest BCUT2D eigenvalue weighted by Gasteiger charge is 1.37. The van der Waals surface area contributed by atoms with E-state index in [-0.39, 0.29) is 0 Å². The van der Waals surface area contributed by atoms with Gasteiger partial charge in [0, 0.05) is 0 Å². The van der Waals surface area contributed by atoms with Crippen LogP contribution in [0.5, 0.6) is 0 Å². The maximum Gasteiger partial charge on any atom is -0.0590 e. The molecule has 0 saturated carbocycles. The standard InChI is InChI=1S/6C3H8/c6*1-3-2/h6*3H2,1-2H3. The molecule has 0 saturated heterocycles. The predicted octanol–water partition coefficient (Wildman–Crippen LogP) is 8.50. The van der Waals surface area contributed by atoms with Crippen LogP contribution in [0.3, 0.4) is 0 Å². The third-order valence-corrected chi connectivity index (χ3v) is 0. The van der Waals surface area contributed by atoms with Crippen molar-refractivity contribution in [3.05, 3.63) is 0 Å². The lowest BCUT2D eigenvalue weighted by atomic mass is 10.6. The van der Waals surface area contributed by atoms with Crippen LogP contribution in [0.15, 0.2) is 0 Å². The molecule has 0 aliphatic carbocycles. The third kappa shape index (κ3) is 0. The minimum Gasteiger partial charge on any atom is -0.0656 e. The Morgan fingerprint density at radius 3 is 0.222 bits per heavy atom. The summed E-state index contributed by atoms with van der Waals surface area (Å²) in [6.45, 7) is 25.5.